The Kier molecular flexibility index (Phi) is 9.39. The number of hydrogen-bond donors (Lipinski definition) is 2. The molecule has 2 atom stereocenters. The summed E-state index contributed by atoms with van der Waals surface area (Å²) in [5, 5.41) is 9.79. The normalized spacial score (nSPS) is 17.2. The van der Waals surface area contributed by atoms with E-state index in [-0.39, 0.29) is 55.6 Å². The molecule has 1 aliphatic rings. The molecule has 0 aliphatic carbocycles. The van der Waals surface area contributed by atoms with Crippen LogP contribution in [0.15, 0.2) is 59.1 Å². The van der Waals surface area contributed by atoms with Crippen molar-refractivity contribution in [3.8, 4) is 11.6 Å². The van der Waals surface area contributed by atoms with E-state index in [1.165, 1.54) is 17.0 Å². The number of anilines is 1. The molecule has 1 aliphatic heterocycles. The minimum absolute atomic E-state index is 0.0106. The fourth-order valence-corrected chi connectivity index (χ4v) is 5.05. The van der Waals surface area contributed by atoms with Gasteiger partial charge in [0, 0.05) is 17.6 Å². The molecule has 4 aromatic rings. The Morgan fingerprint density at radius 1 is 1.09 bits per heavy atom. The van der Waals surface area contributed by atoms with E-state index in [1.54, 1.807) is 45.0 Å². The lowest BCUT2D eigenvalue weighted by Crippen LogP contribution is -2.51. The second-order valence-electron chi connectivity index (χ2n) is 11.9. The maximum Gasteiger partial charge on any atom is 0.410 e. The number of nitrogens with one attached hydrogen (secondary N) is 2. The van der Waals surface area contributed by atoms with Crippen molar-refractivity contribution in [2.45, 2.75) is 70.9 Å². The van der Waals surface area contributed by atoms with Gasteiger partial charge in [-0.15, -0.1) is 0 Å². The number of fused-ring (bicyclic) bond motifs is 1. The summed E-state index contributed by atoms with van der Waals surface area (Å²) in [6.07, 6.45) is -7.14. The summed E-state index contributed by atoms with van der Waals surface area (Å²) in [7, 11) is 0. The van der Waals surface area contributed by atoms with E-state index in [0.29, 0.717) is 11.1 Å². The quantitative estimate of drug-likeness (QED) is 0.210. The van der Waals surface area contributed by atoms with Gasteiger partial charge in [0.1, 0.15) is 30.6 Å². The Balaban J connectivity index is 1.31. The molecule has 46 heavy (non-hydrogen) atoms. The highest BCUT2D eigenvalue weighted by Crippen LogP contribution is 2.35. The molecule has 0 unspecified atom stereocenters. The molecule has 0 spiro atoms. The number of piperidine rings is 1. The molecule has 2 N–H and O–H groups in total. The molecule has 246 valence electrons. The smallest absolute Gasteiger partial charge is 0.410 e. The Morgan fingerprint density at radius 2 is 1.85 bits per heavy atom. The topological polar surface area (TPSA) is 124 Å². The molecule has 15 heteroatoms. The summed E-state index contributed by atoms with van der Waals surface area (Å²) in [5.74, 6) is -0.180. The van der Waals surface area contributed by atoms with Crippen molar-refractivity contribution in [1.82, 2.24) is 24.9 Å². The zero-order valence-corrected chi connectivity index (χ0v) is 25.4. The van der Waals surface area contributed by atoms with E-state index in [2.05, 4.69) is 20.8 Å². The van der Waals surface area contributed by atoms with Crippen LogP contribution in [0, 0.1) is 0 Å². The van der Waals surface area contributed by atoms with E-state index in [9.17, 15) is 22.8 Å². The van der Waals surface area contributed by atoms with Gasteiger partial charge >= 0.3 is 18.4 Å². The Hall–Kier alpha value is -4.82. The van der Waals surface area contributed by atoms with Gasteiger partial charge in [0.05, 0.1) is 24.6 Å². The van der Waals surface area contributed by atoms with Crippen LogP contribution in [0.25, 0.3) is 22.5 Å². The predicted molar refractivity (Wildman–Crippen MR) is 159 cm³/mol. The number of amides is 2. The highest BCUT2D eigenvalue weighted by atomic mass is 19.4. The molecule has 2 amide bonds. The Labute approximate surface area is 261 Å². The summed E-state index contributed by atoms with van der Waals surface area (Å²) < 4.78 is 73.3. The average molecular weight is 647 g/mol. The van der Waals surface area contributed by atoms with Crippen LogP contribution in [0.2, 0.25) is 0 Å². The first-order valence-electron chi connectivity index (χ1n) is 14.6. The molecule has 0 bridgehead atoms. The van der Waals surface area contributed by atoms with Gasteiger partial charge in [-0.2, -0.15) is 18.2 Å². The number of carbonyl (C=O) groups excluding carboxylic acids is 2. The number of hydrogen-bond acceptors (Lipinski definition) is 8. The van der Waals surface area contributed by atoms with Crippen LogP contribution in [0.1, 0.15) is 38.6 Å². The zero-order valence-electron chi connectivity index (χ0n) is 25.4. The lowest BCUT2D eigenvalue weighted by molar-refractivity contribution is -0.139. The third kappa shape index (κ3) is 8.25. The van der Waals surface area contributed by atoms with E-state index in [1.807, 2.05) is 18.2 Å². The van der Waals surface area contributed by atoms with Gasteiger partial charge in [0.15, 0.2) is 5.82 Å². The van der Waals surface area contributed by atoms with Gasteiger partial charge in [-0.25, -0.2) is 14.0 Å². The molecule has 5 rings (SSSR count). The number of aromatic nitrogens is 3. The molecule has 2 aromatic carbocycles. The number of likely N-dealkylation sites (tertiary alicyclic amines) is 1. The zero-order chi connectivity index (χ0) is 33.1. The number of halogens is 4. The average Bonchev–Trinajstić information content (AvgIpc) is 3.60. The number of alkyl halides is 4. The van der Waals surface area contributed by atoms with Gasteiger partial charge in [-0.3, -0.25) is 0 Å². The fourth-order valence-electron chi connectivity index (χ4n) is 5.05. The van der Waals surface area contributed by atoms with Crippen LogP contribution < -0.4 is 10.6 Å². The van der Waals surface area contributed by atoms with Crippen molar-refractivity contribution < 1.29 is 41.1 Å². The minimum Gasteiger partial charge on any atom is -0.445 e. The number of benzene rings is 2. The first-order valence-corrected chi connectivity index (χ1v) is 14.6. The van der Waals surface area contributed by atoms with Gasteiger partial charge < -0.3 is 34.1 Å². The van der Waals surface area contributed by atoms with Crippen molar-refractivity contribution in [1.29, 1.82) is 0 Å². The van der Waals surface area contributed by atoms with Crippen LogP contribution in [-0.2, 0) is 29.2 Å². The predicted octanol–water partition coefficient (Wildman–Crippen LogP) is 6.44. The van der Waals surface area contributed by atoms with Crippen molar-refractivity contribution >= 4 is 28.8 Å². The van der Waals surface area contributed by atoms with Crippen LogP contribution in [-0.4, -0.2) is 68.9 Å². The molecule has 2 aromatic heterocycles. The maximum absolute atomic E-state index is 15.3. The molecule has 11 nitrogen and oxygen atoms in total. The second kappa shape index (κ2) is 13.3. The SMILES string of the molecule is CC(C)(C)OC(=O)N1CC[C@@H](Nc2cccc3c2cc(-c2nc(CNC(=O)OCc4ccccc4)no2)n3CC(F)(F)F)[C@@H](F)C1. The first-order chi connectivity index (χ1) is 21.8. The van der Waals surface area contributed by atoms with Crippen LogP contribution in [0.5, 0.6) is 0 Å². The molecule has 3 heterocycles. The molecule has 0 saturated carbocycles. The molecular formula is C31H34F4N6O5. The third-order valence-corrected chi connectivity index (χ3v) is 7.11. The number of ether oxygens (including phenoxy) is 2. The number of rotatable bonds is 8. The summed E-state index contributed by atoms with van der Waals surface area (Å²) in [4.78, 5) is 30.0. The monoisotopic (exact) mass is 646 g/mol. The first kappa shape index (κ1) is 32.6. The van der Waals surface area contributed by atoms with Crippen LogP contribution >= 0.6 is 0 Å². The largest absolute Gasteiger partial charge is 0.445 e. The number of alkyl carbamates (subject to hydrolysis) is 1. The van der Waals surface area contributed by atoms with Gasteiger partial charge in [0.25, 0.3) is 5.89 Å². The highest BCUT2D eigenvalue weighted by Gasteiger charge is 2.35. The van der Waals surface area contributed by atoms with Crippen molar-refractivity contribution in [3.63, 3.8) is 0 Å². The lowest BCUT2D eigenvalue weighted by atomic mass is 10.0. The van der Waals surface area contributed by atoms with Crippen molar-refractivity contribution in [2.75, 3.05) is 18.4 Å². The van der Waals surface area contributed by atoms with Gasteiger partial charge in [-0.1, -0.05) is 41.6 Å². The minimum atomic E-state index is -4.59. The summed E-state index contributed by atoms with van der Waals surface area (Å²) >= 11 is 0. The van der Waals surface area contributed by atoms with E-state index < -0.39 is 42.7 Å². The van der Waals surface area contributed by atoms with Crippen molar-refractivity contribution in [2.24, 2.45) is 0 Å². The summed E-state index contributed by atoms with van der Waals surface area (Å²) in [6.45, 7) is 3.72. The standard InChI is InChI=1S/C31H34F4N6O5/c1-30(2,3)45-29(43)40-13-12-23(21(32)16-40)37-22-10-7-11-24-20(22)14-25(41(24)18-31(33,34)35)27-38-26(39-46-27)15-36-28(42)44-17-19-8-5-4-6-9-19/h4-11,14,21,23,37H,12-13,15-18H2,1-3H3,(H,36,42)/t21-,23+/m0/s1. The van der Waals surface area contributed by atoms with Crippen LogP contribution in [0.4, 0.5) is 32.8 Å². The van der Waals surface area contributed by atoms with E-state index in [0.717, 1.165) is 10.1 Å². The number of nitrogens with zero attached hydrogens (tertiary/aromatic N) is 4. The molecule has 0 radical (unpaired) electrons. The fraction of sp³-hybridized carbons (Fsp3) is 0.419. The number of carbonyl (C=O) groups is 2. The summed E-state index contributed by atoms with van der Waals surface area (Å²) in [5.41, 5.74) is 0.670. The Morgan fingerprint density at radius 3 is 2.54 bits per heavy atom. The van der Waals surface area contributed by atoms with Gasteiger partial charge in [-0.05, 0) is 51.0 Å². The molecule has 1 fully saturated rings. The summed E-state index contributed by atoms with van der Waals surface area (Å²) in [6, 6.07) is 14.5. The maximum atomic E-state index is 15.3. The lowest BCUT2D eigenvalue weighted by Gasteiger charge is -2.36. The van der Waals surface area contributed by atoms with Crippen molar-refractivity contribution in [3.05, 3.63) is 66.0 Å². The molecular weight excluding hydrogens is 612 g/mol. The van der Waals surface area contributed by atoms with E-state index >= 15 is 4.39 Å². The Bertz CT molecular complexity index is 1670. The van der Waals surface area contributed by atoms with Crippen LogP contribution in [0.3, 0.4) is 0 Å². The van der Waals surface area contributed by atoms with Gasteiger partial charge in [0.2, 0.25) is 0 Å². The highest BCUT2D eigenvalue weighted by molar-refractivity contribution is 5.96. The second-order valence-corrected chi connectivity index (χ2v) is 11.9. The third-order valence-electron chi connectivity index (χ3n) is 7.11. The van der Waals surface area contributed by atoms with E-state index in [4.69, 9.17) is 14.0 Å². The molecule has 1 saturated heterocycles.